The number of nitrogens with zero attached hydrogens (tertiary/aromatic N) is 1. The predicted octanol–water partition coefficient (Wildman–Crippen LogP) is 2.05. The molecule has 1 saturated heterocycles. The zero-order valence-corrected chi connectivity index (χ0v) is 23.0. The van der Waals surface area contributed by atoms with Crippen LogP contribution >= 0.6 is 0 Å². The van der Waals surface area contributed by atoms with Crippen molar-refractivity contribution in [2.45, 2.75) is 83.5 Å². The molecule has 1 aromatic rings. The fraction of sp³-hybridized carbons (Fsp3) is 0.552. The van der Waals surface area contributed by atoms with Crippen LogP contribution in [0, 0.1) is 5.92 Å². The standard InChI is InChI=1S/C29H40N4O6/c1-5-10-22(25(34)27(36)30-14-6-2)31-26(35)23-13-9-15-33(23)28(37)24(32-29(38)39-18(3)4)21-16-19-11-7-8-12-20(19)17-21/h6-8,11-12,18,21-24H,2,5,9-10,13-17H2,1,3-4H3,(H,30,36)(H,31,35)(H,32,38)/t22?,23-,24?/m0/s1. The first-order valence-corrected chi connectivity index (χ1v) is 13.7. The molecule has 0 spiro atoms. The van der Waals surface area contributed by atoms with Gasteiger partial charge in [-0.2, -0.15) is 0 Å². The predicted molar refractivity (Wildman–Crippen MR) is 146 cm³/mol. The maximum absolute atomic E-state index is 13.9. The Hall–Kier alpha value is -3.69. The van der Waals surface area contributed by atoms with Gasteiger partial charge in [0.1, 0.15) is 12.1 Å². The zero-order valence-electron chi connectivity index (χ0n) is 23.0. The molecule has 10 nitrogen and oxygen atoms in total. The van der Waals surface area contributed by atoms with Crippen LogP contribution in [-0.2, 0) is 36.8 Å². The number of benzene rings is 1. The molecule has 0 saturated carbocycles. The number of hydrogen-bond acceptors (Lipinski definition) is 6. The lowest BCUT2D eigenvalue weighted by atomic mass is 9.95. The van der Waals surface area contributed by atoms with E-state index in [0.29, 0.717) is 38.6 Å². The lowest BCUT2D eigenvalue weighted by Crippen LogP contribution is -2.58. The van der Waals surface area contributed by atoms with Gasteiger partial charge in [-0.1, -0.05) is 43.7 Å². The summed E-state index contributed by atoms with van der Waals surface area (Å²) in [5.41, 5.74) is 2.26. The summed E-state index contributed by atoms with van der Waals surface area (Å²) >= 11 is 0. The van der Waals surface area contributed by atoms with Gasteiger partial charge in [0, 0.05) is 13.1 Å². The lowest BCUT2D eigenvalue weighted by molar-refractivity contribution is -0.143. The van der Waals surface area contributed by atoms with Crippen molar-refractivity contribution in [1.29, 1.82) is 0 Å². The molecule has 1 aliphatic heterocycles. The fourth-order valence-electron chi connectivity index (χ4n) is 5.30. The van der Waals surface area contributed by atoms with Crippen molar-refractivity contribution in [3.63, 3.8) is 0 Å². The fourth-order valence-corrected chi connectivity index (χ4v) is 5.30. The molecule has 10 heteroatoms. The highest BCUT2D eigenvalue weighted by Crippen LogP contribution is 2.31. The van der Waals surface area contributed by atoms with Crippen LogP contribution in [0.2, 0.25) is 0 Å². The van der Waals surface area contributed by atoms with Gasteiger partial charge < -0.3 is 25.6 Å². The molecule has 1 fully saturated rings. The number of amides is 4. The quantitative estimate of drug-likeness (QED) is 0.275. The number of hydrogen-bond donors (Lipinski definition) is 3. The van der Waals surface area contributed by atoms with Crippen molar-refractivity contribution < 1.29 is 28.7 Å². The van der Waals surface area contributed by atoms with Crippen LogP contribution in [-0.4, -0.2) is 71.8 Å². The molecule has 1 aromatic carbocycles. The summed E-state index contributed by atoms with van der Waals surface area (Å²) in [6, 6.07) is 5.25. The Balaban J connectivity index is 1.76. The number of carbonyl (C=O) groups excluding carboxylic acids is 5. The van der Waals surface area contributed by atoms with E-state index in [-0.39, 0.29) is 30.9 Å². The molecule has 0 aromatic heterocycles. The normalized spacial score (nSPS) is 18.2. The smallest absolute Gasteiger partial charge is 0.408 e. The van der Waals surface area contributed by atoms with E-state index < -0.39 is 41.8 Å². The number of alkyl carbamates (subject to hydrolysis) is 1. The third-order valence-corrected chi connectivity index (χ3v) is 7.12. The second kappa shape index (κ2) is 13.9. The van der Waals surface area contributed by atoms with Gasteiger partial charge in [-0.25, -0.2) is 4.79 Å². The van der Waals surface area contributed by atoms with Crippen LogP contribution in [0.5, 0.6) is 0 Å². The molecular formula is C29H40N4O6. The third kappa shape index (κ3) is 7.68. The zero-order chi connectivity index (χ0) is 28.5. The molecule has 2 unspecified atom stereocenters. The van der Waals surface area contributed by atoms with Gasteiger partial charge in [-0.15, -0.1) is 6.58 Å². The van der Waals surface area contributed by atoms with E-state index >= 15 is 0 Å². The number of carbonyl (C=O) groups is 5. The highest BCUT2D eigenvalue weighted by molar-refractivity contribution is 6.38. The largest absolute Gasteiger partial charge is 0.447 e. The van der Waals surface area contributed by atoms with Gasteiger partial charge in [0.2, 0.25) is 17.6 Å². The van der Waals surface area contributed by atoms with Crippen molar-refractivity contribution in [2.75, 3.05) is 13.1 Å². The van der Waals surface area contributed by atoms with Gasteiger partial charge in [-0.05, 0) is 63.0 Å². The van der Waals surface area contributed by atoms with Crippen LogP contribution in [0.4, 0.5) is 4.79 Å². The van der Waals surface area contributed by atoms with Crippen LogP contribution in [0.15, 0.2) is 36.9 Å². The average molecular weight is 541 g/mol. The molecule has 3 atom stereocenters. The maximum atomic E-state index is 13.9. The summed E-state index contributed by atoms with van der Waals surface area (Å²) in [5.74, 6) is -2.55. The summed E-state index contributed by atoms with van der Waals surface area (Å²) < 4.78 is 5.28. The minimum absolute atomic E-state index is 0.140. The number of ether oxygens (including phenoxy) is 1. The average Bonchev–Trinajstić information content (AvgIpc) is 3.56. The molecule has 212 valence electrons. The molecular weight excluding hydrogens is 500 g/mol. The Labute approximate surface area is 229 Å². The molecule has 4 amide bonds. The first kappa shape index (κ1) is 29.9. The topological polar surface area (TPSA) is 134 Å². The van der Waals surface area contributed by atoms with Crippen molar-refractivity contribution in [2.24, 2.45) is 5.92 Å². The second-order valence-electron chi connectivity index (χ2n) is 10.4. The van der Waals surface area contributed by atoms with E-state index in [1.165, 1.54) is 11.0 Å². The Bertz CT molecular complexity index is 1060. The van der Waals surface area contributed by atoms with Crippen LogP contribution < -0.4 is 16.0 Å². The summed E-state index contributed by atoms with van der Waals surface area (Å²) in [6.45, 7) is 9.32. The van der Waals surface area contributed by atoms with E-state index in [1.807, 2.05) is 31.2 Å². The van der Waals surface area contributed by atoms with Gasteiger partial charge in [0.05, 0.1) is 12.1 Å². The summed E-state index contributed by atoms with van der Waals surface area (Å²) in [4.78, 5) is 66.3. The molecule has 3 rings (SSSR count). The van der Waals surface area contributed by atoms with E-state index in [2.05, 4.69) is 22.5 Å². The molecule has 0 radical (unpaired) electrons. The van der Waals surface area contributed by atoms with Gasteiger partial charge in [0.25, 0.3) is 5.91 Å². The molecule has 39 heavy (non-hydrogen) atoms. The first-order chi connectivity index (χ1) is 18.7. The number of Topliss-reactive ketones (excluding diaryl/α,β-unsaturated/α-hetero) is 1. The van der Waals surface area contributed by atoms with Crippen molar-refractivity contribution >= 4 is 29.6 Å². The Morgan fingerprint density at radius 2 is 1.77 bits per heavy atom. The highest BCUT2D eigenvalue weighted by Gasteiger charge is 2.43. The van der Waals surface area contributed by atoms with E-state index in [1.54, 1.807) is 13.8 Å². The van der Waals surface area contributed by atoms with Crippen molar-refractivity contribution in [3.05, 3.63) is 48.0 Å². The highest BCUT2D eigenvalue weighted by atomic mass is 16.6. The maximum Gasteiger partial charge on any atom is 0.408 e. The number of nitrogens with one attached hydrogen (secondary N) is 3. The minimum Gasteiger partial charge on any atom is -0.447 e. The third-order valence-electron chi connectivity index (χ3n) is 7.12. The molecule has 1 heterocycles. The minimum atomic E-state index is -0.996. The first-order valence-electron chi connectivity index (χ1n) is 13.7. The van der Waals surface area contributed by atoms with Crippen molar-refractivity contribution in [1.82, 2.24) is 20.9 Å². The Kier molecular flexibility index (Phi) is 10.7. The molecule has 0 bridgehead atoms. The number of ketones is 1. The number of fused-ring (bicyclic) bond motifs is 1. The molecule has 3 N–H and O–H groups in total. The van der Waals surface area contributed by atoms with E-state index in [0.717, 1.165) is 11.1 Å². The van der Waals surface area contributed by atoms with Crippen LogP contribution in [0.3, 0.4) is 0 Å². The van der Waals surface area contributed by atoms with E-state index in [9.17, 15) is 24.0 Å². The number of likely N-dealkylation sites (tertiary alicyclic amines) is 1. The second-order valence-corrected chi connectivity index (χ2v) is 10.4. The summed E-state index contributed by atoms with van der Waals surface area (Å²) in [7, 11) is 0. The Morgan fingerprint density at radius 3 is 2.36 bits per heavy atom. The Morgan fingerprint density at radius 1 is 1.10 bits per heavy atom. The van der Waals surface area contributed by atoms with Gasteiger partial charge in [0.15, 0.2) is 0 Å². The summed E-state index contributed by atoms with van der Waals surface area (Å²) in [6.07, 6.45) is 3.54. The van der Waals surface area contributed by atoms with Crippen LogP contribution in [0.25, 0.3) is 0 Å². The van der Waals surface area contributed by atoms with Gasteiger partial charge >= 0.3 is 6.09 Å². The van der Waals surface area contributed by atoms with Crippen molar-refractivity contribution in [3.8, 4) is 0 Å². The van der Waals surface area contributed by atoms with Crippen LogP contribution in [0.1, 0.15) is 57.6 Å². The monoisotopic (exact) mass is 540 g/mol. The van der Waals surface area contributed by atoms with E-state index in [4.69, 9.17) is 4.74 Å². The molecule has 1 aliphatic carbocycles. The SMILES string of the molecule is C=CCNC(=O)C(=O)C(CCC)NC(=O)[C@@H]1CCCN1C(=O)C(NC(=O)OC(C)C)C1Cc2ccccc2C1. The summed E-state index contributed by atoms with van der Waals surface area (Å²) in [5, 5.41) is 7.94. The van der Waals surface area contributed by atoms with Gasteiger partial charge in [-0.3, -0.25) is 19.2 Å². The number of rotatable bonds is 12. The molecule has 2 aliphatic rings. The lowest BCUT2D eigenvalue weighted by Gasteiger charge is -2.32.